The average molecular weight is 201 g/mol. The second kappa shape index (κ2) is 3.64. The highest BCUT2D eigenvalue weighted by molar-refractivity contribution is 5.30. The van der Waals surface area contributed by atoms with Gasteiger partial charge >= 0.3 is 0 Å². The van der Waals surface area contributed by atoms with Gasteiger partial charge in [0.25, 0.3) is 0 Å². The Labute approximate surface area is 91.9 Å². The van der Waals surface area contributed by atoms with E-state index in [0.29, 0.717) is 5.41 Å². The third kappa shape index (κ3) is 1.41. The van der Waals surface area contributed by atoms with Crippen molar-refractivity contribution >= 4 is 0 Å². The highest BCUT2D eigenvalue weighted by Gasteiger charge is 2.44. The van der Waals surface area contributed by atoms with Crippen molar-refractivity contribution in [1.29, 1.82) is 0 Å². The summed E-state index contributed by atoms with van der Waals surface area (Å²) in [6, 6.07) is 11.9. The van der Waals surface area contributed by atoms with Crippen LogP contribution >= 0.6 is 0 Å². The maximum Gasteiger partial charge on any atom is 0.0164 e. The second-order valence-electron chi connectivity index (χ2n) is 5.02. The largest absolute Gasteiger partial charge is 0.313 e. The monoisotopic (exact) mass is 201 g/mol. The van der Waals surface area contributed by atoms with Crippen molar-refractivity contribution in [3.63, 3.8) is 0 Å². The molecule has 1 saturated heterocycles. The number of rotatable bonds is 1. The van der Waals surface area contributed by atoms with Gasteiger partial charge in [0, 0.05) is 11.5 Å². The minimum atomic E-state index is 0.472. The van der Waals surface area contributed by atoms with Gasteiger partial charge in [-0.25, -0.2) is 0 Å². The Bertz CT molecular complexity index is 332. The molecule has 1 aromatic carbocycles. The van der Waals surface area contributed by atoms with Crippen LogP contribution in [0, 0.1) is 0 Å². The highest BCUT2D eigenvalue weighted by atomic mass is 15.0. The van der Waals surface area contributed by atoms with Crippen molar-refractivity contribution < 1.29 is 0 Å². The number of hydrogen-bond acceptors (Lipinski definition) is 1. The Morgan fingerprint density at radius 3 is 2.80 bits per heavy atom. The molecule has 0 aromatic heterocycles. The lowest BCUT2D eigenvalue weighted by Gasteiger charge is -2.39. The summed E-state index contributed by atoms with van der Waals surface area (Å²) in [6.07, 6.45) is 6.91. The van der Waals surface area contributed by atoms with Crippen LogP contribution < -0.4 is 5.32 Å². The van der Waals surface area contributed by atoms with Crippen LogP contribution in [-0.2, 0) is 5.41 Å². The smallest absolute Gasteiger partial charge is 0.0164 e. The van der Waals surface area contributed by atoms with E-state index in [0.717, 1.165) is 6.04 Å². The van der Waals surface area contributed by atoms with Gasteiger partial charge in [0.15, 0.2) is 0 Å². The van der Waals surface area contributed by atoms with Gasteiger partial charge in [0.2, 0.25) is 0 Å². The molecule has 1 N–H and O–H groups in total. The summed E-state index contributed by atoms with van der Waals surface area (Å²) >= 11 is 0. The maximum absolute atomic E-state index is 3.70. The molecule has 15 heavy (non-hydrogen) atoms. The van der Waals surface area contributed by atoms with Crippen molar-refractivity contribution in [1.82, 2.24) is 5.32 Å². The Hall–Kier alpha value is -0.820. The molecule has 0 radical (unpaired) electrons. The molecule has 1 aliphatic carbocycles. The predicted molar refractivity (Wildman–Crippen MR) is 63.0 cm³/mol. The molecule has 2 fully saturated rings. The van der Waals surface area contributed by atoms with Gasteiger partial charge < -0.3 is 5.32 Å². The number of nitrogens with one attached hydrogen (secondary N) is 1. The summed E-state index contributed by atoms with van der Waals surface area (Å²) in [5.74, 6) is 0. The molecule has 1 heterocycles. The second-order valence-corrected chi connectivity index (χ2v) is 5.02. The van der Waals surface area contributed by atoms with E-state index >= 15 is 0 Å². The van der Waals surface area contributed by atoms with Gasteiger partial charge in [-0.05, 0) is 31.4 Å². The van der Waals surface area contributed by atoms with Crippen molar-refractivity contribution in [3.8, 4) is 0 Å². The van der Waals surface area contributed by atoms with Gasteiger partial charge in [0.05, 0.1) is 0 Å². The van der Waals surface area contributed by atoms with Gasteiger partial charge in [-0.1, -0.05) is 43.2 Å². The summed E-state index contributed by atoms with van der Waals surface area (Å²) < 4.78 is 0. The first-order valence-electron chi connectivity index (χ1n) is 6.21. The normalized spacial score (nSPS) is 35.1. The number of fused-ring (bicyclic) bond motifs is 1. The number of benzene rings is 1. The van der Waals surface area contributed by atoms with Crippen molar-refractivity contribution in [3.05, 3.63) is 35.9 Å². The molecule has 1 aromatic rings. The van der Waals surface area contributed by atoms with E-state index in [-0.39, 0.29) is 0 Å². The first-order chi connectivity index (χ1) is 7.42. The van der Waals surface area contributed by atoms with Crippen LogP contribution in [0.2, 0.25) is 0 Å². The fourth-order valence-electron chi connectivity index (χ4n) is 3.57. The fraction of sp³-hybridized carbons (Fsp3) is 0.571. The van der Waals surface area contributed by atoms with Crippen LogP contribution in [0.15, 0.2) is 30.3 Å². The number of hydrogen-bond donors (Lipinski definition) is 1. The fourth-order valence-corrected chi connectivity index (χ4v) is 3.57. The molecule has 0 unspecified atom stereocenters. The Morgan fingerprint density at radius 1 is 1.07 bits per heavy atom. The van der Waals surface area contributed by atoms with Crippen LogP contribution in [0.25, 0.3) is 0 Å². The summed E-state index contributed by atoms with van der Waals surface area (Å²) in [6.45, 7) is 1.21. The summed E-state index contributed by atoms with van der Waals surface area (Å²) in [4.78, 5) is 0. The van der Waals surface area contributed by atoms with Crippen LogP contribution in [0.3, 0.4) is 0 Å². The average Bonchev–Trinajstić information content (AvgIpc) is 2.75. The summed E-state index contributed by atoms with van der Waals surface area (Å²) in [5.41, 5.74) is 2.04. The quantitative estimate of drug-likeness (QED) is 0.736. The van der Waals surface area contributed by atoms with Gasteiger partial charge in [-0.15, -0.1) is 0 Å². The molecule has 80 valence electrons. The molecule has 1 aliphatic heterocycles. The SMILES string of the molecule is c1ccc([C@@]23CCCC[C@@H]2NCC3)cc1. The minimum absolute atomic E-state index is 0.472. The standard InChI is InChI=1S/C14H19N/c1-2-6-12(7-3-1)14-9-5-4-8-13(14)15-11-10-14/h1-3,6-7,13,15H,4-5,8-11H2/t13-,14-/m0/s1. The first-order valence-corrected chi connectivity index (χ1v) is 6.21. The molecular formula is C14H19N. The lowest BCUT2D eigenvalue weighted by Crippen LogP contribution is -2.42. The van der Waals surface area contributed by atoms with Crippen LogP contribution in [-0.4, -0.2) is 12.6 Å². The van der Waals surface area contributed by atoms with Crippen molar-refractivity contribution in [2.45, 2.75) is 43.6 Å². The summed E-state index contributed by atoms with van der Waals surface area (Å²) in [5, 5.41) is 3.70. The maximum atomic E-state index is 3.70. The van der Waals surface area contributed by atoms with Crippen molar-refractivity contribution in [2.24, 2.45) is 0 Å². The van der Waals surface area contributed by atoms with E-state index < -0.39 is 0 Å². The zero-order valence-corrected chi connectivity index (χ0v) is 9.21. The summed E-state index contributed by atoms with van der Waals surface area (Å²) in [7, 11) is 0. The molecule has 1 heteroatoms. The minimum Gasteiger partial charge on any atom is -0.313 e. The van der Waals surface area contributed by atoms with Crippen LogP contribution in [0.5, 0.6) is 0 Å². The first kappa shape index (κ1) is 9.41. The van der Waals surface area contributed by atoms with Crippen LogP contribution in [0.4, 0.5) is 0 Å². The topological polar surface area (TPSA) is 12.0 Å². The van der Waals surface area contributed by atoms with Gasteiger partial charge in [0.1, 0.15) is 0 Å². The lowest BCUT2D eigenvalue weighted by molar-refractivity contribution is 0.267. The molecule has 2 aliphatic rings. The van der Waals surface area contributed by atoms with Crippen molar-refractivity contribution in [2.75, 3.05) is 6.54 Å². The van der Waals surface area contributed by atoms with Gasteiger partial charge in [-0.2, -0.15) is 0 Å². The van der Waals surface area contributed by atoms with E-state index in [1.807, 2.05) is 0 Å². The third-order valence-corrected chi connectivity index (χ3v) is 4.34. The van der Waals surface area contributed by atoms with E-state index in [9.17, 15) is 0 Å². The molecule has 1 saturated carbocycles. The molecule has 2 atom stereocenters. The molecule has 3 rings (SSSR count). The highest BCUT2D eigenvalue weighted by Crippen LogP contribution is 2.44. The molecular weight excluding hydrogens is 182 g/mol. The third-order valence-electron chi connectivity index (χ3n) is 4.34. The Balaban J connectivity index is 2.00. The predicted octanol–water partition coefficient (Wildman–Crippen LogP) is 2.86. The Kier molecular flexibility index (Phi) is 2.28. The van der Waals surface area contributed by atoms with E-state index in [1.54, 1.807) is 5.56 Å². The van der Waals surface area contributed by atoms with Gasteiger partial charge in [-0.3, -0.25) is 0 Å². The molecule has 0 amide bonds. The molecule has 1 nitrogen and oxygen atoms in total. The van der Waals surface area contributed by atoms with E-state index in [4.69, 9.17) is 0 Å². The molecule has 0 spiro atoms. The molecule has 0 bridgehead atoms. The van der Waals surface area contributed by atoms with E-state index in [1.165, 1.54) is 38.6 Å². The zero-order chi connectivity index (χ0) is 10.1. The Morgan fingerprint density at radius 2 is 1.93 bits per heavy atom. The zero-order valence-electron chi connectivity index (χ0n) is 9.21. The van der Waals surface area contributed by atoms with Crippen LogP contribution in [0.1, 0.15) is 37.7 Å². The lowest BCUT2D eigenvalue weighted by atomic mass is 9.66. The van der Waals surface area contributed by atoms with E-state index in [2.05, 4.69) is 35.6 Å².